The number of hydrogen-bond donors (Lipinski definition) is 1. The van der Waals surface area contributed by atoms with Crippen molar-refractivity contribution < 1.29 is 0 Å². The molecule has 19 heavy (non-hydrogen) atoms. The zero-order chi connectivity index (χ0) is 13.7. The van der Waals surface area contributed by atoms with E-state index in [1.54, 1.807) is 0 Å². The van der Waals surface area contributed by atoms with Gasteiger partial charge in [0.25, 0.3) is 0 Å². The van der Waals surface area contributed by atoms with Gasteiger partial charge in [-0.05, 0) is 44.9 Å². The summed E-state index contributed by atoms with van der Waals surface area (Å²) in [6.07, 6.45) is 5.85. The molecule has 1 saturated heterocycles. The van der Waals surface area contributed by atoms with Crippen LogP contribution in [0.4, 0.5) is 0 Å². The number of piperidine rings is 1. The van der Waals surface area contributed by atoms with E-state index in [1.807, 2.05) is 12.3 Å². The topological polar surface area (TPSA) is 28.2 Å². The van der Waals surface area contributed by atoms with E-state index >= 15 is 0 Å². The molecular weight excluding hydrogens is 258 g/mol. The Morgan fingerprint density at radius 1 is 1.42 bits per heavy atom. The SMILES string of the molecule is CC(C)N(Cc1ccc(Cl)nc1)CC1CCCCN1. The summed E-state index contributed by atoms with van der Waals surface area (Å²) in [7, 11) is 0. The summed E-state index contributed by atoms with van der Waals surface area (Å²) in [4.78, 5) is 6.67. The van der Waals surface area contributed by atoms with E-state index in [2.05, 4.69) is 35.1 Å². The first kappa shape index (κ1) is 14.8. The van der Waals surface area contributed by atoms with Crippen molar-refractivity contribution in [2.75, 3.05) is 13.1 Å². The van der Waals surface area contributed by atoms with Crippen LogP contribution in [0.1, 0.15) is 38.7 Å². The molecule has 1 aromatic rings. The minimum atomic E-state index is 0.541. The Kier molecular flexibility index (Phi) is 5.61. The van der Waals surface area contributed by atoms with Crippen molar-refractivity contribution >= 4 is 11.6 Å². The Hall–Kier alpha value is -0.640. The molecule has 1 fully saturated rings. The molecule has 4 heteroatoms. The van der Waals surface area contributed by atoms with E-state index in [-0.39, 0.29) is 0 Å². The lowest BCUT2D eigenvalue weighted by molar-refractivity contribution is 0.177. The molecule has 1 atom stereocenters. The van der Waals surface area contributed by atoms with Gasteiger partial charge >= 0.3 is 0 Å². The molecule has 1 unspecified atom stereocenters. The molecule has 1 N–H and O–H groups in total. The summed E-state index contributed by atoms with van der Waals surface area (Å²) in [6.45, 7) is 7.73. The summed E-state index contributed by atoms with van der Waals surface area (Å²) in [6, 6.07) is 5.11. The second-order valence-corrected chi connectivity index (χ2v) is 6.05. The van der Waals surface area contributed by atoms with Crippen LogP contribution in [0.5, 0.6) is 0 Å². The molecule has 0 radical (unpaired) electrons. The predicted molar refractivity (Wildman–Crippen MR) is 80.4 cm³/mol. The molecule has 106 valence electrons. The molecule has 2 heterocycles. The zero-order valence-corrected chi connectivity index (χ0v) is 12.7. The van der Waals surface area contributed by atoms with Gasteiger partial charge in [0, 0.05) is 31.4 Å². The summed E-state index contributed by atoms with van der Waals surface area (Å²) in [5.74, 6) is 0. The highest BCUT2D eigenvalue weighted by molar-refractivity contribution is 6.29. The first-order valence-corrected chi connectivity index (χ1v) is 7.61. The van der Waals surface area contributed by atoms with Gasteiger partial charge in [0.05, 0.1) is 0 Å². The van der Waals surface area contributed by atoms with E-state index in [0.29, 0.717) is 17.2 Å². The van der Waals surface area contributed by atoms with Gasteiger partial charge in [0.1, 0.15) is 5.15 Å². The van der Waals surface area contributed by atoms with Crippen LogP contribution in [-0.4, -0.2) is 35.1 Å². The van der Waals surface area contributed by atoms with Gasteiger partial charge in [0.2, 0.25) is 0 Å². The molecule has 0 amide bonds. The van der Waals surface area contributed by atoms with Crippen molar-refractivity contribution in [3.8, 4) is 0 Å². The van der Waals surface area contributed by atoms with Crippen LogP contribution < -0.4 is 5.32 Å². The second-order valence-electron chi connectivity index (χ2n) is 5.66. The fraction of sp³-hybridized carbons (Fsp3) is 0.667. The molecule has 1 aliphatic rings. The van der Waals surface area contributed by atoms with Crippen LogP contribution >= 0.6 is 11.6 Å². The fourth-order valence-corrected chi connectivity index (χ4v) is 2.67. The minimum Gasteiger partial charge on any atom is -0.313 e. The number of rotatable bonds is 5. The summed E-state index contributed by atoms with van der Waals surface area (Å²) < 4.78 is 0. The monoisotopic (exact) mass is 281 g/mol. The minimum absolute atomic E-state index is 0.541. The van der Waals surface area contributed by atoms with Crippen LogP contribution in [0, 0.1) is 0 Å². The summed E-state index contributed by atoms with van der Waals surface area (Å²) >= 11 is 5.83. The average Bonchev–Trinajstić information content (AvgIpc) is 2.41. The molecule has 2 rings (SSSR count). The number of pyridine rings is 1. The maximum Gasteiger partial charge on any atom is 0.129 e. The Labute approximate surface area is 121 Å². The van der Waals surface area contributed by atoms with Gasteiger partial charge in [-0.3, -0.25) is 4.90 Å². The molecule has 3 nitrogen and oxygen atoms in total. The van der Waals surface area contributed by atoms with Crippen LogP contribution in [0.25, 0.3) is 0 Å². The van der Waals surface area contributed by atoms with Crippen molar-refractivity contribution in [2.45, 2.75) is 51.7 Å². The average molecular weight is 282 g/mol. The smallest absolute Gasteiger partial charge is 0.129 e. The first-order chi connectivity index (χ1) is 9.15. The van der Waals surface area contributed by atoms with Crippen LogP contribution in [0.15, 0.2) is 18.3 Å². The van der Waals surface area contributed by atoms with E-state index in [0.717, 1.165) is 13.1 Å². The Morgan fingerprint density at radius 2 is 2.26 bits per heavy atom. The molecule has 0 bridgehead atoms. The molecule has 0 spiro atoms. The van der Waals surface area contributed by atoms with E-state index in [4.69, 9.17) is 11.6 Å². The Morgan fingerprint density at radius 3 is 2.84 bits per heavy atom. The first-order valence-electron chi connectivity index (χ1n) is 7.23. The van der Waals surface area contributed by atoms with Gasteiger partial charge in [-0.15, -0.1) is 0 Å². The van der Waals surface area contributed by atoms with Gasteiger partial charge in [-0.2, -0.15) is 0 Å². The summed E-state index contributed by atoms with van der Waals surface area (Å²) in [5.41, 5.74) is 1.23. The second kappa shape index (κ2) is 7.22. The number of halogens is 1. The van der Waals surface area contributed by atoms with Crippen molar-refractivity contribution in [1.82, 2.24) is 15.2 Å². The van der Waals surface area contributed by atoms with Crippen molar-refractivity contribution in [1.29, 1.82) is 0 Å². The van der Waals surface area contributed by atoms with Gasteiger partial charge in [-0.25, -0.2) is 4.98 Å². The highest BCUT2D eigenvalue weighted by atomic mass is 35.5. The van der Waals surface area contributed by atoms with Crippen molar-refractivity contribution in [2.24, 2.45) is 0 Å². The van der Waals surface area contributed by atoms with Crippen LogP contribution in [0.2, 0.25) is 5.15 Å². The lowest BCUT2D eigenvalue weighted by Gasteiger charge is -2.33. The third-order valence-corrected chi connectivity index (χ3v) is 4.00. The molecule has 1 aromatic heterocycles. The van der Waals surface area contributed by atoms with E-state index < -0.39 is 0 Å². The number of hydrogen-bond acceptors (Lipinski definition) is 3. The summed E-state index contributed by atoms with van der Waals surface area (Å²) in [5, 5.41) is 4.18. The van der Waals surface area contributed by atoms with Crippen molar-refractivity contribution in [3.05, 3.63) is 29.0 Å². The Balaban J connectivity index is 1.93. The van der Waals surface area contributed by atoms with E-state index in [9.17, 15) is 0 Å². The molecule has 0 saturated carbocycles. The highest BCUT2D eigenvalue weighted by Crippen LogP contribution is 2.14. The van der Waals surface area contributed by atoms with Gasteiger partial charge < -0.3 is 5.32 Å². The number of nitrogens with zero attached hydrogens (tertiary/aromatic N) is 2. The van der Waals surface area contributed by atoms with Gasteiger partial charge in [-0.1, -0.05) is 24.1 Å². The quantitative estimate of drug-likeness (QED) is 0.841. The lowest BCUT2D eigenvalue weighted by Crippen LogP contribution is -2.45. The normalized spacial score (nSPS) is 20.2. The van der Waals surface area contributed by atoms with Crippen LogP contribution in [-0.2, 0) is 6.54 Å². The zero-order valence-electron chi connectivity index (χ0n) is 11.9. The highest BCUT2D eigenvalue weighted by Gasteiger charge is 2.18. The molecule has 0 aliphatic carbocycles. The molecular formula is C15H24ClN3. The number of aromatic nitrogens is 1. The fourth-order valence-electron chi connectivity index (χ4n) is 2.56. The molecule has 0 aromatic carbocycles. The standard InChI is InChI=1S/C15H24ClN3/c1-12(2)19(11-14-5-3-4-8-17-14)10-13-6-7-15(16)18-9-13/h6-7,9,12,14,17H,3-5,8,10-11H2,1-2H3. The van der Waals surface area contributed by atoms with E-state index in [1.165, 1.54) is 31.4 Å². The third kappa shape index (κ3) is 4.75. The Bertz CT molecular complexity index is 371. The molecule has 1 aliphatic heterocycles. The maximum atomic E-state index is 5.83. The van der Waals surface area contributed by atoms with Gasteiger partial charge in [0.15, 0.2) is 0 Å². The maximum absolute atomic E-state index is 5.83. The lowest BCUT2D eigenvalue weighted by atomic mass is 10.0. The van der Waals surface area contributed by atoms with Crippen LogP contribution in [0.3, 0.4) is 0 Å². The largest absolute Gasteiger partial charge is 0.313 e. The van der Waals surface area contributed by atoms with Crippen molar-refractivity contribution in [3.63, 3.8) is 0 Å². The predicted octanol–water partition coefficient (Wildman–Crippen LogP) is 3.09. The third-order valence-electron chi connectivity index (χ3n) is 3.77. The number of nitrogens with one attached hydrogen (secondary N) is 1.